The van der Waals surface area contributed by atoms with Gasteiger partial charge in [0.05, 0.1) is 18.4 Å². The zero-order valence-corrected chi connectivity index (χ0v) is 20.9. The first kappa shape index (κ1) is 25.9. The number of carbonyl (C=O) groups is 1. The number of halogens is 1. The number of aromatic amines is 1. The van der Waals surface area contributed by atoms with Crippen LogP contribution in [0.5, 0.6) is 0 Å². The highest BCUT2D eigenvalue weighted by Crippen LogP contribution is 2.33. The largest absolute Gasteiger partial charge is 0.368 e. The minimum absolute atomic E-state index is 0.113. The van der Waals surface area contributed by atoms with Crippen molar-refractivity contribution in [3.05, 3.63) is 116 Å². The predicted octanol–water partition coefficient (Wildman–Crippen LogP) is 4.92. The van der Waals surface area contributed by atoms with E-state index in [9.17, 15) is 14.0 Å². The summed E-state index contributed by atoms with van der Waals surface area (Å²) < 4.78 is 19.6. The molecule has 0 fully saturated rings. The highest BCUT2D eigenvalue weighted by Gasteiger charge is 2.28. The van der Waals surface area contributed by atoms with E-state index in [-0.39, 0.29) is 30.4 Å². The second-order valence-electron chi connectivity index (χ2n) is 8.54. The number of hydrogen-bond donors (Lipinski definition) is 2. The van der Waals surface area contributed by atoms with Crippen LogP contribution < -0.4 is 10.9 Å². The van der Waals surface area contributed by atoms with Crippen LogP contribution >= 0.6 is 0 Å². The molecule has 35 heavy (non-hydrogen) atoms. The number of rotatable bonds is 8. The maximum absolute atomic E-state index is 13.6. The van der Waals surface area contributed by atoms with Gasteiger partial charge in [-0.3, -0.25) is 9.59 Å². The third-order valence-electron chi connectivity index (χ3n) is 6.03. The lowest BCUT2D eigenvalue weighted by atomic mass is 9.95. The molecule has 1 unspecified atom stereocenters. The molecule has 1 atom stereocenters. The quantitative estimate of drug-likeness (QED) is 0.566. The number of carbonyl (C=O) groups excluding carboxylic acids is 1. The average molecular weight is 478 g/mol. The predicted molar refractivity (Wildman–Crippen MR) is 136 cm³/mol. The van der Waals surface area contributed by atoms with Gasteiger partial charge in [0.25, 0.3) is 11.5 Å². The summed E-state index contributed by atoms with van der Waals surface area (Å²) in [6.07, 6.45) is 4.94. The number of nitrogens with zero attached hydrogens (tertiary/aromatic N) is 1. The molecule has 3 rings (SSSR count). The fraction of sp³-hybridized carbons (Fsp3) is 0.286. The molecule has 2 heterocycles. The van der Waals surface area contributed by atoms with Gasteiger partial charge in [-0.05, 0) is 75.6 Å². The van der Waals surface area contributed by atoms with Gasteiger partial charge < -0.3 is 19.9 Å². The Labute approximate surface area is 205 Å². The second kappa shape index (κ2) is 11.1. The minimum Gasteiger partial charge on any atom is -0.368 e. The van der Waals surface area contributed by atoms with Crippen LogP contribution in [0.25, 0.3) is 0 Å². The van der Waals surface area contributed by atoms with Gasteiger partial charge in [-0.25, -0.2) is 4.39 Å². The number of nitrogens with one attached hydrogen (secondary N) is 2. The number of aryl methyl sites for hydroxylation is 2. The minimum atomic E-state index is -0.412. The van der Waals surface area contributed by atoms with Crippen molar-refractivity contribution in [2.45, 2.75) is 53.9 Å². The lowest BCUT2D eigenvalue weighted by Gasteiger charge is -2.34. The van der Waals surface area contributed by atoms with Crippen LogP contribution in [0.4, 0.5) is 4.39 Å². The van der Waals surface area contributed by atoms with Crippen molar-refractivity contribution in [1.82, 2.24) is 15.2 Å². The summed E-state index contributed by atoms with van der Waals surface area (Å²) >= 11 is 0. The van der Waals surface area contributed by atoms with E-state index in [4.69, 9.17) is 4.74 Å². The zero-order valence-electron chi connectivity index (χ0n) is 20.9. The van der Waals surface area contributed by atoms with Crippen LogP contribution in [0.3, 0.4) is 0 Å². The molecular weight excluding hydrogens is 445 g/mol. The Bertz CT molecular complexity index is 1290. The maximum Gasteiger partial charge on any atom is 0.253 e. The molecule has 0 aliphatic carbocycles. The first-order valence-electron chi connectivity index (χ1n) is 11.5. The Morgan fingerprint density at radius 1 is 1.29 bits per heavy atom. The average Bonchev–Trinajstić information content (AvgIpc) is 2.81. The highest BCUT2D eigenvalue weighted by molar-refractivity contribution is 5.98. The monoisotopic (exact) mass is 477 g/mol. The van der Waals surface area contributed by atoms with E-state index in [2.05, 4.69) is 16.9 Å². The van der Waals surface area contributed by atoms with Crippen LogP contribution in [0.1, 0.15) is 43.2 Å². The number of benzene rings is 1. The molecule has 1 aliphatic rings. The SMILES string of the molecule is C=CN1C(C(C)OCc2cccc(F)c2)=C(C)C(C(=O)NCc2c(C)cc(C)[nH]c2=O)=C/C1=C/C. The molecule has 0 bridgehead atoms. The summed E-state index contributed by atoms with van der Waals surface area (Å²) in [5.41, 5.74) is 5.38. The normalized spacial score (nSPS) is 15.8. The molecule has 6 nitrogen and oxygen atoms in total. The Morgan fingerprint density at radius 2 is 2.03 bits per heavy atom. The van der Waals surface area contributed by atoms with E-state index < -0.39 is 6.10 Å². The molecule has 7 heteroatoms. The number of hydrogen-bond acceptors (Lipinski definition) is 4. The number of pyridine rings is 1. The number of ether oxygens (including phenoxy) is 1. The first-order valence-corrected chi connectivity index (χ1v) is 11.5. The second-order valence-corrected chi connectivity index (χ2v) is 8.54. The Balaban J connectivity index is 1.86. The van der Waals surface area contributed by atoms with Crippen LogP contribution in [0.15, 0.2) is 82.6 Å². The van der Waals surface area contributed by atoms with Gasteiger partial charge in [0.2, 0.25) is 0 Å². The summed E-state index contributed by atoms with van der Waals surface area (Å²) in [6.45, 7) is 13.6. The lowest BCUT2D eigenvalue weighted by Crippen LogP contribution is -2.34. The van der Waals surface area contributed by atoms with Crippen LogP contribution in [-0.4, -0.2) is 21.9 Å². The van der Waals surface area contributed by atoms with Gasteiger partial charge in [-0.1, -0.05) is 24.8 Å². The van der Waals surface area contributed by atoms with Crippen LogP contribution in [-0.2, 0) is 22.7 Å². The van der Waals surface area contributed by atoms with Gasteiger partial charge in [0, 0.05) is 35.3 Å². The number of amides is 1. The molecule has 2 N–H and O–H groups in total. The molecule has 1 aromatic carbocycles. The molecule has 0 saturated heterocycles. The van der Waals surface area contributed by atoms with Gasteiger partial charge >= 0.3 is 0 Å². The third-order valence-corrected chi connectivity index (χ3v) is 6.03. The highest BCUT2D eigenvalue weighted by atomic mass is 19.1. The van der Waals surface area contributed by atoms with E-state index in [1.807, 2.05) is 51.7 Å². The summed E-state index contributed by atoms with van der Waals surface area (Å²) in [4.78, 5) is 30.2. The van der Waals surface area contributed by atoms with Gasteiger partial charge in [-0.15, -0.1) is 0 Å². The summed E-state index contributed by atoms with van der Waals surface area (Å²) in [5, 5.41) is 2.89. The maximum atomic E-state index is 13.6. The number of aromatic nitrogens is 1. The molecule has 1 amide bonds. The van der Waals surface area contributed by atoms with Crippen molar-refractivity contribution in [3.63, 3.8) is 0 Å². The van der Waals surface area contributed by atoms with Crippen molar-refractivity contribution < 1.29 is 13.9 Å². The fourth-order valence-corrected chi connectivity index (χ4v) is 4.24. The summed E-state index contributed by atoms with van der Waals surface area (Å²) in [6, 6.07) is 8.15. The van der Waals surface area contributed by atoms with Gasteiger partial charge in [-0.2, -0.15) is 0 Å². The van der Waals surface area contributed by atoms with Gasteiger partial charge in [0.15, 0.2) is 0 Å². The molecule has 184 valence electrons. The van der Waals surface area contributed by atoms with Crippen molar-refractivity contribution >= 4 is 5.91 Å². The molecule has 1 aromatic heterocycles. The van der Waals surface area contributed by atoms with Crippen molar-refractivity contribution in [2.75, 3.05) is 0 Å². The third kappa shape index (κ3) is 5.87. The van der Waals surface area contributed by atoms with E-state index in [0.29, 0.717) is 11.1 Å². The van der Waals surface area contributed by atoms with E-state index in [0.717, 1.165) is 33.8 Å². The lowest BCUT2D eigenvalue weighted by molar-refractivity contribution is -0.117. The molecule has 2 aromatic rings. The standard InChI is InChI=1S/C28H32FN3O3/c1-7-23-14-24(27(33)30-15-25-17(3)12-18(4)31-28(25)34)19(5)26(32(23)8-2)20(6)35-16-21-10-9-11-22(29)13-21/h7-14,20H,2,15-16H2,1,3-6H3,(H,30,33)(H,31,34)/b23-7-. The summed E-state index contributed by atoms with van der Waals surface area (Å²) in [7, 11) is 0. The molecule has 1 aliphatic heterocycles. The summed E-state index contributed by atoms with van der Waals surface area (Å²) in [5.74, 6) is -0.611. The van der Waals surface area contributed by atoms with E-state index in [1.165, 1.54) is 12.1 Å². The Kier molecular flexibility index (Phi) is 8.25. The van der Waals surface area contributed by atoms with Crippen molar-refractivity contribution in [2.24, 2.45) is 0 Å². The number of allylic oxidation sites excluding steroid dienone is 2. The molecular formula is C28H32FN3O3. The first-order chi connectivity index (χ1) is 16.7. The molecule has 0 radical (unpaired) electrons. The van der Waals surface area contributed by atoms with Crippen LogP contribution in [0.2, 0.25) is 0 Å². The molecule has 0 spiro atoms. The zero-order chi connectivity index (χ0) is 25.7. The number of H-pyrrole nitrogens is 1. The van der Waals surface area contributed by atoms with Crippen molar-refractivity contribution in [3.8, 4) is 0 Å². The molecule has 0 saturated carbocycles. The van der Waals surface area contributed by atoms with Crippen LogP contribution in [0, 0.1) is 19.7 Å². The van der Waals surface area contributed by atoms with E-state index in [1.54, 1.807) is 24.4 Å². The van der Waals surface area contributed by atoms with E-state index >= 15 is 0 Å². The van der Waals surface area contributed by atoms with Gasteiger partial charge in [0.1, 0.15) is 5.82 Å². The fourth-order valence-electron chi connectivity index (χ4n) is 4.24. The Hall–Kier alpha value is -3.71. The topological polar surface area (TPSA) is 74.4 Å². The smallest absolute Gasteiger partial charge is 0.253 e. The van der Waals surface area contributed by atoms with Crippen molar-refractivity contribution in [1.29, 1.82) is 0 Å². The Morgan fingerprint density at radius 3 is 2.66 bits per heavy atom.